The molecule has 0 atom stereocenters. The van der Waals surface area contributed by atoms with E-state index in [9.17, 15) is 4.79 Å². The smallest absolute Gasteiger partial charge is 0.319 e. The first-order chi connectivity index (χ1) is 11.5. The maximum absolute atomic E-state index is 12.0. The van der Waals surface area contributed by atoms with Gasteiger partial charge in [-0.05, 0) is 18.2 Å². The minimum atomic E-state index is -0.284. The number of anilines is 2. The monoisotopic (exact) mass is 345 g/mol. The van der Waals surface area contributed by atoms with E-state index in [1.807, 2.05) is 31.3 Å². The molecule has 2 heterocycles. The first-order valence-electron chi connectivity index (χ1n) is 7.61. The van der Waals surface area contributed by atoms with Crippen molar-refractivity contribution < 1.29 is 9.21 Å². The molecule has 0 unspecified atom stereocenters. The van der Waals surface area contributed by atoms with Crippen LogP contribution in [0.25, 0.3) is 11.1 Å². The molecular formula is C16H19N5O2S. The number of carbonyl (C=O) groups excluding carboxylic acids is 1. The number of aromatic nitrogens is 2. The summed E-state index contributed by atoms with van der Waals surface area (Å²) in [6, 6.07) is 5.11. The molecule has 2 aromatic heterocycles. The maximum atomic E-state index is 12.0. The molecule has 3 aromatic rings. The number of aryl methyl sites for hydroxylation is 1. The second kappa shape index (κ2) is 6.88. The molecule has 3 rings (SSSR count). The summed E-state index contributed by atoms with van der Waals surface area (Å²) in [6.45, 7) is 2.36. The second-order valence-corrected chi connectivity index (χ2v) is 6.30. The SMILES string of the molecule is CCc1nc2cc(NC(=O)NCc3csc(N(C)C)n3)ccc2o1. The molecule has 8 heteroatoms. The van der Waals surface area contributed by atoms with Crippen LogP contribution in [0.5, 0.6) is 0 Å². The van der Waals surface area contributed by atoms with Gasteiger partial charge in [0.25, 0.3) is 0 Å². The fourth-order valence-corrected chi connectivity index (χ4v) is 2.89. The number of thiazole rings is 1. The van der Waals surface area contributed by atoms with Crippen molar-refractivity contribution in [3.8, 4) is 0 Å². The summed E-state index contributed by atoms with van der Waals surface area (Å²) in [5.74, 6) is 0.687. The van der Waals surface area contributed by atoms with Crippen molar-refractivity contribution in [1.29, 1.82) is 0 Å². The predicted molar refractivity (Wildman–Crippen MR) is 95.7 cm³/mol. The van der Waals surface area contributed by atoms with Gasteiger partial charge < -0.3 is 20.0 Å². The van der Waals surface area contributed by atoms with E-state index in [2.05, 4.69) is 20.6 Å². The minimum Gasteiger partial charge on any atom is -0.441 e. The fraction of sp³-hybridized carbons (Fsp3) is 0.312. The Kier molecular flexibility index (Phi) is 4.66. The lowest BCUT2D eigenvalue weighted by molar-refractivity contribution is 0.251. The minimum absolute atomic E-state index is 0.284. The Balaban J connectivity index is 1.59. The fourth-order valence-electron chi connectivity index (χ4n) is 2.13. The molecule has 0 aliphatic heterocycles. The van der Waals surface area contributed by atoms with Crippen LogP contribution < -0.4 is 15.5 Å². The third kappa shape index (κ3) is 3.65. The second-order valence-electron chi connectivity index (χ2n) is 5.47. The number of carbonyl (C=O) groups is 1. The molecule has 1 aromatic carbocycles. The number of oxazole rings is 1. The number of rotatable bonds is 5. The van der Waals surface area contributed by atoms with Gasteiger partial charge in [-0.25, -0.2) is 14.8 Å². The lowest BCUT2D eigenvalue weighted by Crippen LogP contribution is -2.28. The van der Waals surface area contributed by atoms with Gasteiger partial charge in [-0.15, -0.1) is 11.3 Å². The van der Waals surface area contributed by atoms with E-state index in [1.165, 1.54) is 0 Å². The van der Waals surface area contributed by atoms with Crippen LogP contribution in [0.15, 0.2) is 28.0 Å². The van der Waals surface area contributed by atoms with Crippen molar-refractivity contribution in [3.05, 3.63) is 35.2 Å². The van der Waals surface area contributed by atoms with E-state index in [1.54, 1.807) is 29.5 Å². The molecule has 0 saturated heterocycles. The van der Waals surface area contributed by atoms with Crippen LogP contribution >= 0.6 is 11.3 Å². The molecule has 0 aliphatic carbocycles. The Morgan fingerprint density at radius 2 is 2.17 bits per heavy atom. The zero-order valence-electron chi connectivity index (χ0n) is 13.8. The van der Waals surface area contributed by atoms with Gasteiger partial charge in [0.15, 0.2) is 16.6 Å². The zero-order chi connectivity index (χ0) is 17.1. The lowest BCUT2D eigenvalue weighted by Gasteiger charge is -2.07. The van der Waals surface area contributed by atoms with Gasteiger partial charge in [-0.2, -0.15) is 0 Å². The van der Waals surface area contributed by atoms with Gasteiger partial charge in [-0.3, -0.25) is 0 Å². The van der Waals surface area contributed by atoms with Crippen molar-refractivity contribution in [2.45, 2.75) is 19.9 Å². The summed E-state index contributed by atoms with van der Waals surface area (Å²) in [6.07, 6.45) is 0.737. The Morgan fingerprint density at radius 3 is 2.88 bits per heavy atom. The standard InChI is InChI=1S/C16H19N5O2S/c1-4-14-20-12-7-10(5-6-13(12)23-14)18-15(22)17-8-11-9-24-16(19-11)21(2)3/h5-7,9H,4,8H2,1-3H3,(H2,17,18,22). The number of benzene rings is 1. The highest BCUT2D eigenvalue weighted by molar-refractivity contribution is 7.13. The third-order valence-corrected chi connectivity index (χ3v) is 4.40. The van der Waals surface area contributed by atoms with E-state index < -0.39 is 0 Å². The number of nitrogens with one attached hydrogen (secondary N) is 2. The molecule has 0 bridgehead atoms. The van der Waals surface area contributed by atoms with Crippen LogP contribution in [0.1, 0.15) is 18.5 Å². The van der Waals surface area contributed by atoms with Crippen molar-refractivity contribution in [3.63, 3.8) is 0 Å². The zero-order valence-corrected chi connectivity index (χ0v) is 14.6. The Bertz CT molecular complexity index is 855. The Hall–Kier alpha value is -2.61. The molecule has 2 N–H and O–H groups in total. The topological polar surface area (TPSA) is 83.3 Å². The number of fused-ring (bicyclic) bond motifs is 1. The number of hydrogen-bond acceptors (Lipinski definition) is 6. The number of amides is 2. The number of urea groups is 1. The quantitative estimate of drug-likeness (QED) is 0.742. The highest BCUT2D eigenvalue weighted by Gasteiger charge is 2.08. The Labute approximate surface area is 143 Å². The van der Waals surface area contributed by atoms with Crippen LogP contribution in [0, 0.1) is 0 Å². The van der Waals surface area contributed by atoms with E-state index >= 15 is 0 Å². The molecule has 2 amide bonds. The van der Waals surface area contributed by atoms with Gasteiger partial charge in [0.05, 0.1) is 12.2 Å². The average molecular weight is 345 g/mol. The summed E-state index contributed by atoms with van der Waals surface area (Å²) < 4.78 is 5.55. The van der Waals surface area contributed by atoms with Gasteiger partial charge in [0, 0.05) is 31.6 Å². The van der Waals surface area contributed by atoms with Gasteiger partial charge in [-0.1, -0.05) is 6.92 Å². The number of hydrogen-bond donors (Lipinski definition) is 2. The van der Waals surface area contributed by atoms with E-state index in [0.29, 0.717) is 18.1 Å². The predicted octanol–water partition coefficient (Wildman–Crippen LogP) is 3.23. The first-order valence-corrected chi connectivity index (χ1v) is 8.49. The molecule has 0 saturated carbocycles. The van der Waals surface area contributed by atoms with Crippen LogP contribution in [-0.2, 0) is 13.0 Å². The molecule has 24 heavy (non-hydrogen) atoms. The van der Waals surface area contributed by atoms with Crippen molar-refractivity contribution >= 4 is 39.3 Å². The molecule has 7 nitrogen and oxygen atoms in total. The first kappa shape index (κ1) is 16.3. The van der Waals surface area contributed by atoms with Crippen molar-refractivity contribution in [2.75, 3.05) is 24.3 Å². The van der Waals surface area contributed by atoms with Crippen LogP contribution in [0.3, 0.4) is 0 Å². The van der Waals surface area contributed by atoms with Crippen LogP contribution in [0.4, 0.5) is 15.6 Å². The summed E-state index contributed by atoms with van der Waals surface area (Å²) in [5, 5.41) is 8.44. The van der Waals surface area contributed by atoms with Gasteiger partial charge >= 0.3 is 6.03 Å². The summed E-state index contributed by atoms with van der Waals surface area (Å²) >= 11 is 1.54. The summed E-state index contributed by atoms with van der Waals surface area (Å²) in [5.41, 5.74) is 2.96. The molecule has 0 fully saturated rings. The van der Waals surface area contributed by atoms with Crippen molar-refractivity contribution in [2.24, 2.45) is 0 Å². The average Bonchev–Trinajstić information content (AvgIpc) is 3.19. The highest BCUT2D eigenvalue weighted by atomic mass is 32.1. The highest BCUT2D eigenvalue weighted by Crippen LogP contribution is 2.20. The van der Waals surface area contributed by atoms with E-state index in [4.69, 9.17) is 4.42 Å². The normalized spacial score (nSPS) is 10.8. The Morgan fingerprint density at radius 1 is 1.33 bits per heavy atom. The van der Waals surface area contributed by atoms with Crippen molar-refractivity contribution in [1.82, 2.24) is 15.3 Å². The third-order valence-electron chi connectivity index (χ3n) is 3.34. The number of nitrogens with zero attached hydrogens (tertiary/aromatic N) is 3. The molecule has 126 valence electrons. The molecular weight excluding hydrogens is 326 g/mol. The van der Waals surface area contributed by atoms with Crippen LogP contribution in [-0.4, -0.2) is 30.1 Å². The van der Waals surface area contributed by atoms with Gasteiger partial charge in [0.1, 0.15) is 5.52 Å². The van der Waals surface area contributed by atoms with Gasteiger partial charge in [0.2, 0.25) is 0 Å². The summed E-state index contributed by atoms with van der Waals surface area (Å²) in [4.78, 5) is 22.7. The molecule has 0 aliphatic rings. The largest absolute Gasteiger partial charge is 0.441 e. The van der Waals surface area contributed by atoms with E-state index in [-0.39, 0.29) is 6.03 Å². The molecule has 0 spiro atoms. The summed E-state index contributed by atoms with van der Waals surface area (Å²) in [7, 11) is 3.87. The lowest BCUT2D eigenvalue weighted by atomic mass is 10.3. The molecule has 0 radical (unpaired) electrons. The maximum Gasteiger partial charge on any atom is 0.319 e. The van der Waals surface area contributed by atoms with Crippen LogP contribution in [0.2, 0.25) is 0 Å². The van der Waals surface area contributed by atoms with E-state index in [0.717, 1.165) is 28.3 Å².